The Balaban J connectivity index is 1.88. The number of hydrogen-bond acceptors (Lipinski definition) is 3. The van der Waals surface area contributed by atoms with E-state index in [2.05, 4.69) is 29.1 Å². The molecule has 1 aliphatic rings. The second kappa shape index (κ2) is 8.47. The number of nitrogens with zero attached hydrogens (tertiary/aromatic N) is 2. The van der Waals surface area contributed by atoms with Crippen LogP contribution in [0.3, 0.4) is 0 Å². The number of hydrogen-bond donors (Lipinski definition) is 1. The molecule has 1 saturated heterocycles. The summed E-state index contributed by atoms with van der Waals surface area (Å²) in [5.41, 5.74) is 0.771. The minimum Gasteiger partial charge on any atom is -0.309 e. The predicted octanol–water partition coefficient (Wildman–Crippen LogP) is 2.50. The molecule has 1 aromatic rings. The van der Waals surface area contributed by atoms with Gasteiger partial charge in [-0.25, -0.2) is 4.39 Å². The maximum atomic E-state index is 14.0. The molecule has 0 spiro atoms. The lowest BCUT2D eigenvalue weighted by Crippen LogP contribution is -2.37. The van der Waals surface area contributed by atoms with Crippen molar-refractivity contribution < 1.29 is 4.39 Å². The van der Waals surface area contributed by atoms with E-state index in [1.807, 2.05) is 12.1 Å². The van der Waals surface area contributed by atoms with Gasteiger partial charge in [-0.2, -0.15) is 0 Å². The van der Waals surface area contributed by atoms with Gasteiger partial charge in [0.25, 0.3) is 0 Å². The first kappa shape index (κ1) is 16.4. The van der Waals surface area contributed by atoms with Gasteiger partial charge >= 0.3 is 0 Å². The quantitative estimate of drug-likeness (QED) is 0.794. The predicted molar refractivity (Wildman–Crippen MR) is 86.0 cm³/mol. The normalized spacial score (nSPS) is 17.5. The van der Waals surface area contributed by atoms with E-state index in [0.29, 0.717) is 0 Å². The average molecular weight is 293 g/mol. The van der Waals surface area contributed by atoms with E-state index >= 15 is 0 Å². The van der Waals surface area contributed by atoms with E-state index in [4.69, 9.17) is 0 Å². The number of likely N-dealkylation sites (tertiary alicyclic amines) is 1. The highest BCUT2D eigenvalue weighted by molar-refractivity contribution is 5.21. The summed E-state index contributed by atoms with van der Waals surface area (Å²) in [5.74, 6) is -0.114. The molecule has 1 aliphatic heterocycles. The van der Waals surface area contributed by atoms with Crippen molar-refractivity contribution in [2.45, 2.75) is 25.8 Å². The van der Waals surface area contributed by atoms with Gasteiger partial charge in [-0.05, 0) is 45.6 Å². The highest BCUT2D eigenvalue weighted by atomic mass is 19.1. The van der Waals surface area contributed by atoms with Crippen molar-refractivity contribution in [3.63, 3.8) is 0 Å². The van der Waals surface area contributed by atoms with Gasteiger partial charge in [0.05, 0.1) is 0 Å². The summed E-state index contributed by atoms with van der Waals surface area (Å²) in [4.78, 5) is 4.82. The number of benzene rings is 1. The smallest absolute Gasteiger partial charge is 0.128 e. The molecule has 21 heavy (non-hydrogen) atoms. The summed E-state index contributed by atoms with van der Waals surface area (Å²) in [6, 6.07) is 7.15. The Bertz CT molecular complexity index is 418. The van der Waals surface area contributed by atoms with Gasteiger partial charge in [-0.3, -0.25) is 0 Å². The molecule has 1 N–H and O–H groups in total. The fraction of sp³-hybridized carbons (Fsp3) is 0.647. The summed E-state index contributed by atoms with van der Waals surface area (Å²) in [7, 11) is 2.13. The Kier molecular flexibility index (Phi) is 6.61. The van der Waals surface area contributed by atoms with Gasteiger partial charge in [0.1, 0.15) is 5.82 Å². The van der Waals surface area contributed by atoms with Crippen molar-refractivity contribution in [2.75, 3.05) is 46.3 Å². The molecule has 1 unspecified atom stereocenters. The molecule has 1 heterocycles. The fourth-order valence-electron chi connectivity index (χ4n) is 3.00. The third-order valence-corrected chi connectivity index (χ3v) is 4.22. The molecule has 0 aliphatic carbocycles. The summed E-state index contributed by atoms with van der Waals surface area (Å²) in [6.45, 7) is 8.37. The monoisotopic (exact) mass is 293 g/mol. The van der Waals surface area contributed by atoms with Crippen molar-refractivity contribution >= 4 is 0 Å². The van der Waals surface area contributed by atoms with Gasteiger partial charge in [-0.15, -0.1) is 0 Å². The lowest BCUT2D eigenvalue weighted by Gasteiger charge is -2.27. The van der Waals surface area contributed by atoms with Crippen LogP contribution in [0.5, 0.6) is 0 Å². The Labute approximate surface area is 128 Å². The Morgan fingerprint density at radius 3 is 2.67 bits per heavy atom. The fourth-order valence-corrected chi connectivity index (χ4v) is 3.00. The van der Waals surface area contributed by atoms with Crippen molar-refractivity contribution in [3.05, 3.63) is 35.6 Å². The molecule has 1 fully saturated rings. The number of halogens is 1. The van der Waals surface area contributed by atoms with Crippen LogP contribution in [-0.2, 0) is 0 Å². The minimum atomic E-state index is -0.114. The van der Waals surface area contributed by atoms with E-state index in [1.165, 1.54) is 25.9 Å². The van der Waals surface area contributed by atoms with Crippen LogP contribution < -0.4 is 5.32 Å². The molecule has 3 nitrogen and oxygen atoms in total. The zero-order valence-corrected chi connectivity index (χ0v) is 13.3. The van der Waals surface area contributed by atoms with Crippen LogP contribution in [0.25, 0.3) is 0 Å². The first-order chi connectivity index (χ1) is 10.2. The molecule has 1 aromatic carbocycles. The molecule has 1 atom stereocenters. The SMILES string of the molecule is CCNC(CN(C)CCN1CCCC1)c1ccccc1F. The second-order valence-electron chi connectivity index (χ2n) is 5.94. The average Bonchev–Trinajstić information content (AvgIpc) is 2.99. The Morgan fingerprint density at radius 1 is 1.29 bits per heavy atom. The number of nitrogens with one attached hydrogen (secondary N) is 1. The van der Waals surface area contributed by atoms with Crippen LogP contribution in [0.15, 0.2) is 24.3 Å². The second-order valence-corrected chi connectivity index (χ2v) is 5.94. The van der Waals surface area contributed by atoms with Crippen molar-refractivity contribution in [1.82, 2.24) is 15.1 Å². The molecule has 2 rings (SSSR count). The molecule has 0 aromatic heterocycles. The van der Waals surface area contributed by atoms with E-state index in [-0.39, 0.29) is 11.9 Å². The maximum Gasteiger partial charge on any atom is 0.128 e. The molecule has 4 heteroatoms. The first-order valence-corrected chi connectivity index (χ1v) is 8.09. The molecule has 118 valence electrons. The molecule has 0 saturated carbocycles. The number of rotatable bonds is 8. The van der Waals surface area contributed by atoms with Crippen LogP contribution >= 0.6 is 0 Å². The largest absolute Gasteiger partial charge is 0.309 e. The van der Waals surface area contributed by atoms with Gasteiger partial charge in [0.15, 0.2) is 0 Å². The molecule has 0 amide bonds. The van der Waals surface area contributed by atoms with Crippen molar-refractivity contribution in [1.29, 1.82) is 0 Å². The number of likely N-dealkylation sites (N-methyl/N-ethyl adjacent to an activating group) is 2. The van der Waals surface area contributed by atoms with Gasteiger partial charge in [-0.1, -0.05) is 25.1 Å². The van der Waals surface area contributed by atoms with Crippen LogP contribution in [0.1, 0.15) is 31.4 Å². The first-order valence-electron chi connectivity index (χ1n) is 8.09. The van der Waals surface area contributed by atoms with E-state index in [1.54, 1.807) is 12.1 Å². The Morgan fingerprint density at radius 2 is 2.00 bits per heavy atom. The van der Waals surface area contributed by atoms with E-state index in [9.17, 15) is 4.39 Å². The topological polar surface area (TPSA) is 18.5 Å². The van der Waals surface area contributed by atoms with E-state index in [0.717, 1.165) is 31.7 Å². The van der Waals surface area contributed by atoms with Crippen molar-refractivity contribution in [2.24, 2.45) is 0 Å². The maximum absolute atomic E-state index is 14.0. The molecule has 0 radical (unpaired) electrons. The van der Waals surface area contributed by atoms with Crippen LogP contribution in [0.2, 0.25) is 0 Å². The molecular formula is C17H28FN3. The highest BCUT2D eigenvalue weighted by Crippen LogP contribution is 2.17. The molecule has 0 bridgehead atoms. The minimum absolute atomic E-state index is 0.0554. The van der Waals surface area contributed by atoms with E-state index < -0.39 is 0 Å². The van der Waals surface area contributed by atoms with Crippen LogP contribution in [-0.4, -0.2) is 56.1 Å². The zero-order valence-electron chi connectivity index (χ0n) is 13.3. The standard InChI is InChI=1S/C17H28FN3/c1-3-19-17(15-8-4-5-9-16(15)18)14-20(2)12-13-21-10-6-7-11-21/h4-5,8-9,17,19H,3,6-7,10-14H2,1-2H3. The van der Waals surface area contributed by atoms with Gasteiger partial charge in [0, 0.05) is 31.2 Å². The lowest BCUT2D eigenvalue weighted by molar-refractivity contribution is 0.238. The van der Waals surface area contributed by atoms with Crippen LogP contribution in [0.4, 0.5) is 4.39 Å². The highest BCUT2D eigenvalue weighted by Gasteiger charge is 2.17. The summed E-state index contributed by atoms with van der Waals surface area (Å²) in [6.07, 6.45) is 2.66. The Hall–Kier alpha value is -0.970. The lowest BCUT2D eigenvalue weighted by atomic mass is 10.1. The zero-order chi connectivity index (χ0) is 15.1. The third-order valence-electron chi connectivity index (χ3n) is 4.22. The van der Waals surface area contributed by atoms with Crippen LogP contribution in [0, 0.1) is 5.82 Å². The van der Waals surface area contributed by atoms with Gasteiger partial charge in [0.2, 0.25) is 0 Å². The molecular weight excluding hydrogens is 265 g/mol. The third kappa shape index (κ3) is 5.06. The van der Waals surface area contributed by atoms with Crippen molar-refractivity contribution in [3.8, 4) is 0 Å². The summed E-state index contributed by atoms with van der Waals surface area (Å²) >= 11 is 0. The summed E-state index contributed by atoms with van der Waals surface area (Å²) in [5, 5.41) is 3.40. The summed E-state index contributed by atoms with van der Waals surface area (Å²) < 4.78 is 14.0. The van der Waals surface area contributed by atoms with Gasteiger partial charge < -0.3 is 15.1 Å².